The molecule has 9 heteroatoms. The van der Waals surface area contributed by atoms with E-state index in [2.05, 4.69) is 0 Å². The monoisotopic (exact) mass is 287 g/mol. The summed E-state index contributed by atoms with van der Waals surface area (Å²) >= 11 is 0. The summed E-state index contributed by atoms with van der Waals surface area (Å²) in [5.74, 6) is -2.73. The molecule has 0 aromatic heterocycles. The lowest BCUT2D eigenvalue weighted by atomic mass is 10.2. The van der Waals surface area contributed by atoms with Gasteiger partial charge in [-0.2, -0.15) is 0 Å². The van der Waals surface area contributed by atoms with Gasteiger partial charge in [-0.1, -0.05) is 0 Å². The predicted octanol–water partition coefficient (Wildman–Crippen LogP) is 1.74. The van der Waals surface area contributed by atoms with Crippen LogP contribution >= 0.6 is 0 Å². The smallest absolute Gasteiger partial charge is 0.322 e. The van der Waals surface area contributed by atoms with E-state index < -0.39 is 34.0 Å². The second-order valence-electron chi connectivity index (χ2n) is 4.04. The Bertz CT molecular complexity index is 547. The van der Waals surface area contributed by atoms with Crippen molar-refractivity contribution < 1.29 is 23.2 Å². The molecule has 0 aliphatic carbocycles. The third kappa shape index (κ3) is 2.82. The van der Waals surface area contributed by atoms with Crippen molar-refractivity contribution in [3.8, 4) is 0 Å². The van der Waals surface area contributed by atoms with Crippen molar-refractivity contribution in [3.63, 3.8) is 0 Å². The number of hydrogen-bond donors (Lipinski definition) is 1. The van der Waals surface area contributed by atoms with Gasteiger partial charge in [-0.25, -0.2) is 13.6 Å². The number of nitro benzene ring substituents is 1. The Kier molecular flexibility index (Phi) is 4.08. The number of nitrogens with one attached hydrogen (secondary N) is 1. The zero-order valence-electron chi connectivity index (χ0n) is 10.3. The van der Waals surface area contributed by atoms with Gasteiger partial charge in [0.05, 0.1) is 18.1 Å². The summed E-state index contributed by atoms with van der Waals surface area (Å²) in [6.07, 6.45) is 0. The number of nitro groups is 1. The molecule has 0 saturated carbocycles. The van der Waals surface area contributed by atoms with Crippen LogP contribution in [0.2, 0.25) is 0 Å². The van der Waals surface area contributed by atoms with Gasteiger partial charge < -0.3 is 9.64 Å². The summed E-state index contributed by atoms with van der Waals surface area (Å²) in [6, 6.07) is 0.700. The molecular weight excluding hydrogens is 276 g/mol. The first-order valence-corrected chi connectivity index (χ1v) is 5.76. The van der Waals surface area contributed by atoms with E-state index in [1.807, 2.05) is 5.32 Å². The number of halogens is 2. The lowest BCUT2D eigenvalue weighted by Crippen LogP contribution is -2.43. The molecule has 1 saturated heterocycles. The molecule has 1 aromatic carbocycles. The van der Waals surface area contributed by atoms with Crippen LogP contribution in [0, 0.1) is 21.7 Å². The molecule has 1 fully saturated rings. The fourth-order valence-electron chi connectivity index (χ4n) is 1.76. The van der Waals surface area contributed by atoms with Crippen LogP contribution in [0.5, 0.6) is 0 Å². The summed E-state index contributed by atoms with van der Waals surface area (Å²) < 4.78 is 31.8. The number of ether oxygens (including phenoxy) is 1. The molecule has 20 heavy (non-hydrogen) atoms. The fourth-order valence-corrected chi connectivity index (χ4v) is 1.76. The van der Waals surface area contributed by atoms with Gasteiger partial charge in [-0.05, 0) is 6.07 Å². The van der Waals surface area contributed by atoms with Crippen molar-refractivity contribution >= 4 is 17.4 Å². The molecule has 108 valence electrons. The number of hydrogen-bond acceptors (Lipinski definition) is 4. The average Bonchev–Trinajstić information content (AvgIpc) is 2.44. The topological polar surface area (TPSA) is 84.7 Å². The van der Waals surface area contributed by atoms with Crippen molar-refractivity contribution in [2.75, 3.05) is 31.6 Å². The van der Waals surface area contributed by atoms with E-state index >= 15 is 0 Å². The maximum atomic E-state index is 13.6. The molecule has 0 radical (unpaired) electrons. The standard InChI is InChI=1S/C11H11F2N3O4/c12-7-1-2-8(16(18)19)10(9(7)13)14-11(17)15-3-5-20-6-4-15/h1-2H,3-6H2,(H,14,17). The molecule has 2 amide bonds. The Morgan fingerprint density at radius 1 is 1.35 bits per heavy atom. The first-order valence-electron chi connectivity index (χ1n) is 5.76. The number of morpholine rings is 1. The molecule has 1 aliphatic rings. The minimum atomic E-state index is -1.46. The van der Waals surface area contributed by atoms with Crippen LogP contribution in [0.4, 0.5) is 25.0 Å². The quantitative estimate of drug-likeness (QED) is 0.663. The van der Waals surface area contributed by atoms with Gasteiger partial charge in [-0.3, -0.25) is 15.4 Å². The van der Waals surface area contributed by atoms with Gasteiger partial charge in [0, 0.05) is 19.2 Å². The van der Waals surface area contributed by atoms with E-state index in [0.717, 1.165) is 6.07 Å². The molecule has 1 heterocycles. The lowest BCUT2D eigenvalue weighted by Gasteiger charge is -2.26. The number of anilines is 1. The minimum absolute atomic E-state index is 0.274. The molecule has 0 atom stereocenters. The SMILES string of the molecule is O=C(Nc1c([N+](=O)[O-])ccc(F)c1F)N1CCOCC1. The Labute approximate surface area is 112 Å². The van der Waals surface area contributed by atoms with E-state index in [1.54, 1.807) is 0 Å². The molecule has 0 spiro atoms. The second-order valence-corrected chi connectivity index (χ2v) is 4.04. The maximum Gasteiger partial charge on any atom is 0.322 e. The van der Waals surface area contributed by atoms with E-state index in [-0.39, 0.29) is 13.1 Å². The Morgan fingerprint density at radius 3 is 2.60 bits per heavy atom. The van der Waals surface area contributed by atoms with Crippen LogP contribution in [-0.2, 0) is 4.74 Å². The maximum absolute atomic E-state index is 13.6. The summed E-state index contributed by atoms with van der Waals surface area (Å²) in [7, 11) is 0. The van der Waals surface area contributed by atoms with Crippen LogP contribution in [0.15, 0.2) is 12.1 Å². The van der Waals surface area contributed by atoms with Crippen LogP contribution in [0.3, 0.4) is 0 Å². The summed E-state index contributed by atoms with van der Waals surface area (Å²) in [5, 5.41) is 12.8. The zero-order valence-corrected chi connectivity index (χ0v) is 10.3. The van der Waals surface area contributed by atoms with Crippen molar-refractivity contribution in [2.24, 2.45) is 0 Å². The van der Waals surface area contributed by atoms with Gasteiger partial charge >= 0.3 is 6.03 Å². The van der Waals surface area contributed by atoms with Crippen LogP contribution in [-0.4, -0.2) is 42.2 Å². The summed E-state index contributed by atoms with van der Waals surface area (Å²) in [5.41, 5.74) is -1.47. The third-order valence-electron chi connectivity index (χ3n) is 2.80. The van der Waals surface area contributed by atoms with Crippen LogP contribution in [0.1, 0.15) is 0 Å². The number of rotatable bonds is 2. The molecular formula is C11H11F2N3O4. The highest BCUT2D eigenvalue weighted by Gasteiger charge is 2.25. The highest BCUT2D eigenvalue weighted by Crippen LogP contribution is 2.29. The molecule has 7 nitrogen and oxygen atoms in total. The van der Waals surface area contributed by atoms with Gasteiger partial charge in [0.25, 0.3) is 5.69 Å². The number of carbonyl (C=O) groups is 1. The second kappa shape index (κ2) is 5.78. The number of nitrogens with zero attached hydrogens (tertiary/aromatic N) is 2. The van der Waals surface area contributed by atoms with Gasteiger partial charge in [0.1, 0.15) is 0 Å². The molecule has 2 rings (SSSR count). The normalized spacial score (nSPS) is 15.0. The molecule has 0 unspecified atom stereocenters. The molecule has 1 aliphatic heterocycles. The molecule has 0 bridgehead atoms. The first kappa shape index (κ1) is 14.1. The molecule has 1 N–H and O–H groups in total. The Morgan fingerprint density at radius 2 is 2.00 bits per heavy atom. The minimum Gasteiger partial charge on any atom is -0.378 e. The highest BCUT2D eigenvalue weighted by atomic mass is 19.2. The largest absolute Gasteiger partial charge is 0.378 e. The van der Waals surface area contributed by atoms with E-state index in [9.17, 15) is 23.7 Å². The number of carbonyl (C=O) groups excluding carboxylic acids is 1. The van der Waals surface area contributed by atoms with Crippen molar-refractivity contribution in [1.29, 1.82) is 0 Å². The molecule has 1 aromatic rings. The first-order chi connectivity index (χ1) is 9.50. The van der Waals surface area contributed by atoms with Crippen molar-refractivity contribution in [1.82, 2.24) is 4.90 Å². The number of benzene rings is 1. The zero-order chi connectivity index (χ0) is 14.7. The van der Waals surface area contributed by atoms with Crippen molar-refractivity contribution in [2.45, 2.75) is 0 Å². The Hall–Kier alpha value is -2.29. The summed E-state index contributed by atoms with van der Waals surface area (Å²) in [4.78, 5) is 23.0. The van der Waals surface area contributed by atoms with E-state index in [1.165, 1.54) is 4.90 Å². The van der Waals surface area contributed by atoms with Crippen LogP contribution < -0.4 is 5.32 Å². The fraction of sp³-hybridized carbons (Fsp3) is 0.364. The van der Waals surface area contributed by atoms with Crippen LogP contribution in [0.25, 0.3) is 0 Å². The Balaban J connectivity index is 2.25. The van der Waals surface area contributed by atoms with Gasteiger partial charge in [-0.15, -0.1) is 0 Å². The average molecular weight is 287 g/mol. The highest BCUT2D eigenvalue weighted by molar-refractivity contribution is 5.92. The predicted molar refractivity (Wildman–Crippen MR) is 64.4 cm³/mol. The van der Waals surface area contributed by atoms with Gasteiger partial charge in [0.15, 0.2) is 17.3 Å². The lowest BCUT2D eigenvalue weighted by molar-refractivity contribution is -0.384. The number of urea groups is 1. The third-order valence-corrected chi connectivity index (χ3v) is 2.80. The van der Waals surface area contributed by atoms with E-state index in [4.69, 9.17) is 4.74 Å². The van der Waals surface area contributed by atoms with E-state index in [0.29, 0.717) is 19.3 Å². The summed E-state index contributed by atoms with van der Waals surface area (Å²) in [6.45, 7) is 1.19. The van der Waals surface area contributed by atoms with Gasteiger partial charge in [0.2, 0.25) is 0 Å². The van der Waals surface area contributed by atoms with Crippen molar-refractivity contribution in [3.05, 3.63) is 33.9 Å². The number of amides is 2.